The van der Waals surface area contributed by atoms with Crippen LogP contribution in [0, 0.1) is 18.3 Å². The van der Waals surface area contributed by atoms with Crippen molar-refractivity contribution in [1.29, 1.82) is 5.26 Å². The van der Waals surface area contributed by atoms with E-state index in [0.29, 0.717) is 17.2 Å². The zero-order chi connectivity index (χ0) is 14.5. The summed E-state index contributed by atoms with van der Waals surface area (Å²) in [5, 5.41) is 12.2. The van der Waals surface area contributed by atoms with Gasteiger partial charge in [0.25, 0.3) is 0 Å². The smallest absolute Gasteiger partial charge is 0.152 e. The maximum absolute atomic E-state index is 9.04. The molecule has 20 heavy (non-hydrogen) atoms. The second-order valence-corrected chi connectivity index (χ2v) is 4.61. The van der Waals surface area contributed by atoms with Crippen molar-refractivity contribution in [2.24, 2.45) is 0 Å². The first kappa shape index (κ1) is 13.8. The summed E-state index contributed by atoms with van der Waals surface area (Å²) in [6.07, 6.45) is 1.66. The van der Waals surface area contributed by atoms with Crippen LogP contribution >= 0.6 is 0 Å². The Hall–Kier alpha value is -2.61. The average Bonchev–Trinajstić information content (AvgIpc) is 2.41. The second-order valence-electron chi connectivity index (χ2n) is 4.61. The molecule has 0 spiro atoms. The molecule has 1 aromatic heterocycles. The molecule has 5 nitrogen and oxygen atoms in total. The van der Waals surface area contributed by atoms with Crippen molar-refractivity contribution in [2.45, 2.75) is 26.9 Å². The molecule has 0 aliphatic rings. The maximum atomic E-state index is 9.04. The van der Waals surface area contributed by atoms with Gasteiger partial charge in [-0.05, 0) is 45.0 Å². The van der Waals surface area contributed by atoms with Crippen molar-refractivity contribution in [3.63, 3.8) is 0 Å². The van der Waals surface area contributed by atoms with Gasteiger partial charge in [-0.3, -0.25) is 0 Å². The molecule has 2 aromatic rings. The second kappa shape index (κ2) is 6.02. The number of rotatable bonds is 4. The number of nitrogens with zero attached hydrogens (tertiary/aromatic N) is 3. The Balaban J connectivity index is 2.18. The van der Waals surface area contributed by atoms with E-state index < -0.39 is 0 Å². The topological polar surface area (TPSA) is 70.8 Å². The number of hydrogen-bond donors (Lipinski definition) is 1. The highest BCUT2D eigenvalue weighted by molar-refractivity contribution is 5.62. The minimum atomic E-state index is 0.142. The summed E-state index contributed by atoms with van der Waals surface area (Å²) in [4.78, 5) is 8.24. The number of ether oxygens (including phenoxy) is 1. The van der Waals surface area contributed by atoms with Crippen LogP contribution in [0.15, 0.2) is 30.5 Å². The molecule has 0 bridgehead atoms. The third kappa shape index (κ3) is 3.45. The van der Waals surface area contributed by atoms with Crippen LogP contribution in [0.5, 0.6) is 5.75 Å². The Morgan fingerprint density at radius 2 is 1.95 bits per heavy atom. The van der Waals surface area contributed by atoms with Gasteiger partial charge in [0.05, 0.1) is 12.3 Å². The summed E-state index contributed by atoms with van der Waals surface area (Å²) in [5.74, 6) is 1.94. The Morgan fingerprint density at radius 1 is 1.25 bits per heavy atom. The van der Waals surface area contributed by atoms with E-state index in [1.54, 1.807) is 6.92 Å². The fraction of sp³-hybridized carbons (Fsp3) is 0.267. The minimum absolute atomic E-state index is 0.142. The van der Waals surface area contributed by atoms with Gasteiger partial charge in [-0.25, -0.2) is 9.97 Å². The number of aryl methyl sites for hydroxylation is 1. The quantitative estimate of drug-likeness (QED) is 0.922. The molecule has 0 saturated carbocycles. The van der Waals surface area contributed by atoms with Crippen LogP contribution in [0.1, 0.15) is 25.2 Å². The maximum Gasteiger partial charge on any atom is 0.152 e. The molecule has 0 fully saturated rings. The van der Waals surface area contributed by atoms with Gasteiger partial charge >= 0.3 is 0 Å². The van der Waals surface area contributed by atoms with Crippen molar-refractivity contribution in [1.82, 2.24) is 9.97 Å². The van der Waals surface area contributed by atoms with Crippen molar-refractivity contribution in [2.75, 3.05) is 5.32 Å². The molecule has 102 valence electrons. The van der Waals surface area contributed by atoms with E-state index in [9.17, 15) is 0 Å². The molecule has 1 aromatic carbocycles. The molecule has 0 radical (unpaired) electrons. The number of aromatic nitrogens is 2. The Morgan fingerprint density at radius 3 is 2.55 bits per heavy atom. The zero-order valence-electron chi connectivity index (χ0n) is 11.7. The molecule has 0 aliphatic carbocycles. The summed E-state index contributed by atoms with van der Waals surface area (Å²) in [5.41, 5.74) is 1.26. The summed E-state index contributed by atoms with van der Waals surface area (Å²) in [6.45, 7) is 5.75. The van der Waals surface area contributed by atoms with Crippen LogP contribution in [0.4, 0.5) is 11.5 Å². The largest absolute Gasteiger partial charge is 0.491 e. The van der Waals surface area contributed by atoms with Gasteiger partial charge < -0.3 is 10.1 Å². The van der Waals surface area contributed by atoms with Gasteiger partial charge in [0, 0.05) is 5.69 Å². The van der Waals surface area contributed by atoms with E-state index in [1.807, 2.05) is 38.1 Å². The van der Waals surface area contributed by atoms with Crippen LogP contribution in [0.25, 0.3) is 0 Å². The molecule has 1 heterocycles. The van der Waals surface area contributed by atoms with E-state index in [-0.39, 0.29) is 6.10 Å². The van der Waals surface area contributed by atoms with Gasteiger partial charge in [-0.2, -0.15) is 5.26 Å². The molecule has 0 aliphatic heterocycles. The van der Waals surface area contributed by atoms with Crippen LogP contribution in [-0.2, 0) is 0 Å². The van der Waals surface area contributed by atoms with Crippen molar-refractivity contribution in [3.05, 3.63) is 41.9 Å². The first-order valence-electron chi connectivity index (χ1n) is 6.36. The van der Waals surface area contributed by atoms with Crippen LogP contribution in [0.2, 0.25) is 0 Å². The molecule has 5 heteroatoms. The lowest BCUT2D eigenvalue weighted by atomic mass is 10.2. The first-order chi connectivity index (χ1) is 9.58. The minimum Gasteiger partial charge on any atom is -0.491 e. The summed E-state index contributed by atoms with van der Waals surface area (Å²) >= 11 is 0. The van der Waals surface area contributed by atoms with Crippen LogP contribution in [-0.4, -0.2) is 16.1 Å². The summed E-state index contributed by atoms with van der Waals surface area (Å²) in [6, 6.07) is 9.59. The van der Waals surface area contributed by atoms with Gasteiger partial charge in [-0.1, -0.05) is 0 Å². The lowest BCUT2D eigenvalue weighted by Gasteiger charge is -2.11. The fourth-order valence-electron chi connectivity index (χ4n) is 1.67. The predicted octanol–water partition coefficient (Wildman–Crippen LogP) is 3.19. The number of anilines is 2. The molecular formula is C15H16N4O. The summed E-state index contributed by atoms with van der Waals surface area (Å²) in [7, 11) is 0. The molecule has 2 rings (SSSR count). The average molecular weight is 268 g/mol. The van der Waals surface area contributed by atoms with Crippen LogP contribution < -0.4 is 10.1 Å². The van der Waals surface area contributed by atoms with E-state index in [0.717, 1.165) is 11.4 Å². The molecule has 0 unspecified atom stereocenters. The van der Waals surface area contributed by atoms with Gasteiger partial charge in [0.2, 0.25) is 0 Å². The number of hydrogen-bond acceptors (Lipinski definition) is 5. The third-order valence-corrected chi connectivity index (χ3v) is 2.52. The molecule has 0 saturated heterocycles. The first-order valence-corrected chi connectivity index (χ1v) is 6.36. The molecule has 0 atom stereocenters. The van der Waals surface area contributed by atoms with E-state index in [1.165, 1.54) is 6.20 Å². The Labute approximate surface area is 118 Å². The standard InChI is InChI=1S/C15H16N4O/c1-10(2)20-14-6-4-13(5-7-14)19-15-12(8-16)9-17-11(3)18-15/h4-7,9-10H,1-3H3,(H,17,18,19). The molecular weight excluding hydrogens is 252 g/mol. The van der Waals surface area contributed by atoms with E-state index in [4.69, 9.17) is 10.00 Å². The highest BCUT2D eigenvalue weighted by atomic mass is 16.5. The number of benzene rings is 1. The van der Waals surface area contributed by atoms with Crippen LogP contribution in [0.3, 0.4) is 0 Å². The zero-order valence-corrected chi connectivity index (χ0v) is 11.7. The predicted molar refractivity (Wildman–Crippen MR) is 77.0 cm³/mol. The Bertz CT molecular complexity index is 629. The third-order valence-electron chi connectivity index (χ3n) is 2.52. The number of nitriles is 1. The van der Waals surface area contributed by atoms with Crippen molar-refractivity contribution < 1.29 is 4.74 Å². The van der Waals surface area contributed by atoms with Gasteiger partial charge in [-0.15, -0.1) is 0 Å². The molecule has 1 N–H and O–H groups in total. The van der Waals surface area contributed by atoms with E-state index in [2.05, 4.69) is 21.4 Å². The SMILES string of the molecule is Cc1ncc(C#N)c(Nc2ccc(OC(C)C)cc2)n1. The highest BCUT2D eigenvalue weighted by Crippen LogP contribution is 2.21. The molecule has 0 amide bonds. The Kier molecular flexibility index (Phi) is 4.16. The van der Waals surface area contributed by atoms with Gasteiger partial charge in [0.1, 0.15) is 23.2 Å². The van der Waals surface area contributed by atoms with Gasteiger partial charge in [0.15, 0.2) is 5.82 Å². The number of nitrogens with one attached hydrogen (secondary N) is 1. The monoisotopic (exact) mass is 268 g/mol. The lowest BCUT2D eigenvalue weighted by Crippen LogP contribution is -2.05. The fourth-order valence-corrected chi connectivity index (χ4v) is 1.67. The van der Waals surface area contributed by atoms with Crippen molar-refractivity contribution >= 4 is 11.5 Å². The van der Waals surface area contributed by atoms with E-state index >= 15 is 0 Å². The summed E-state index contributed by atoms with van der Waals surface area (Å²) < 4.78 is 5.58. The van der Waals surface area contributed by atoms with Crippen molar-refractivity contribution in [3.8, 4) is 11.8 Å². The normalized spacial score (nSPS) is 10.2. The lowest BCUT2D eigenvalue weighted by molar-refractivity contribution is 0.242. The highest BCUT2D eigenvalue weighted by Gasteiger charge is 2.06.